The number of benzene rings is 1. The Morgan fingerprint density at radius 2 is 2.25 bits per heavy atom. The number of fused-ring (bicyclic) bond motifs is 1. The third-order valence-electron chi connectivity index (χ3n) is 2.54. The van der Waals surface area contributed by atoms with Crippen molar-refractivity contribution in [3.8, 4) is 0 Å². The summed E-state index contributed by atoms with van der Waals surface area (Å²) >= 11 is 6.05. The van der Waals surface area contributed by atoms with Gasteiger partial charge in [0, 0.05) is 10.8 Å². The summed E-state index contributed by atoms with van der Waals surface area (Å²) in [6.45, 7) is 5.55. The molecule has 0 aliphatic heterocycles. The van der Waals surface area contributed by atoms with E-state index in [0.29, 0.717) is 33.6 Å². The predicted molar refractivity (Wildman–Crippen MR) is 66.2 cm³/mol. The molecule has 1 aromatic heterocycles. The van der Waals surface area contributed by atoms with Crippen LogP contribution in [0.15, 0.2) is 24.8 Å². The molecule has 0 amide bonds. The number of aryl methyl sites for hydroxylation is 1. The quantitative estimate of drug-likeness (QED) is 0.759. The molecule has 0 saturated carbocycles. The van der Waals surface area contributed by atoms with Gasteiger partial charge >= 0.3 is 0 Å². The third-order valence-corrected chi connectivity index (χ3v) is 2.86. The maximum absolute atomic E-state index is 14.0. The summed E-state index contributed by atoms with van der Waals surface area (Å²) in [5, 5.41) is 1.64. The molecule has 1 heterocycles. The van der Waals surface area contributed by atoms with Crippen LogP contribution in [-0.2, 0) is 6.42 Å². The van der Waals surface area contributed by atoms with Gasteiger partial charge in [0.1, 0.15) is 0 Å². The molecule has 1 aromatic carbocycles. The minimum atomic E-state index is -0.286. The Morgan fingerprint density at radius 1 is 1.50 bits per heavy atom. The van der Waals surface area contributed by atoms with E-state index in [2.05, 4.69) is 11.6 Å². The van der Waals surface area contributed by atoms with Gasteiger partial charge < -0.3 is 0 Å². The first-order chi connectivity index (χ1) is 7.69. The smallest absolute Gasteiger partial charge is 0.152 e. The van der Waals surface area contributed by atoms with Gasteiger partial charge in [-0.1, -0.05) is 37.2 Å². The number of nitrogens with zero attached hydrogens (tertiary/aromatic N) is 1. The average Bonchev–Trinajstić information content (AvgIpc) is 2.30. The molecule has 0 bridgehead atoms. The van der Waals surface area contributed by atoms with E-state index < -0.39 is 0 Å². The Labute approximate surface area is 98.6 Å². The van der Waals surface area contributed by atoms with E-state index in [9.17, 15) is 4.39 Å². The minimum absolute atomic E-state index is 0.286. The van der Waals surface area contributed by atoms with Crippen LogP contribution in [0.25, 0.3) is 16.8 Å². The predicted octanol–water partition coefficient (Wildman–Crippen LogP) is 4.23. The Balaban J connectivity index is 2.96. The molecule has 0 fully saturated rings. The molecule has 0 saturated heterocycles. The summed E-state index contributed by atoms with van der Waals surface area (Å²) < 4.78 is 14.0. The SMILES string of the molecule is C=Cc1nc(CC)c(F)c2cccc(Cl)c12. The topological polar surface area (TPSA) is 12.9 Å². The minimum Gasteiger partial charge on any atom is -0.250 e. The molecule has 0 spiro atoms. The van der Waals surface area contributed by atoms with Gasteiger partial charge in [0.2, 0.25) is 0 Å². The summed E-state index contributed by atoms with van der Waals surface area (Å²) in [5.74, 6) is -0.286. The van der Waals surface area contributed by atoms with Gasteiger partial charge in [0.25, 0.3) is 0 Å². The van der Waals surface area contributed by atoms with Crippen LogP contribution in [0.4, 0.5) is 4.39 Å². The fourth-order valence-corrected chi connectivity index (χ4v) is 2.03. The first kappa shape index (κ1) is 11.1. The zero-order chi connectivity index (χ0) is 11.7. The Bertz CT molecular complexity index is 563. The first-order valence-corrected chi connectivity index (χ1v) is 5.45. The van der Waals surface area contributed by atoms with Crippen molar-refractivity contribution in [1.29, 1.82) is 0 Å². The first-order valence-electron chi connectivity index (χ1n) is 5.08. The molecular weight excluding hydrogens is 225 g/mol. The summed E-state index contributed by atoms with van der Waals surface area (Å²) in [5.41, 5.74) is 1.09. The van der Waals surface area contributed by atoms with E-state index in [-0.39, 0.29) is 5.82 Å². The lowest BCUT2D eigenvalue weighted by atomic mass is 10.1. The average molecular weight is 236 g/mol. The lowest BCUT2D eigenvalue weighted by Gasteiger charge is -2.08. The second-order valence-corrected chi connectivity index (χ2v) is 3.88. The molecule has 82 valence electrons. The van der Waals surface area contributed by atoms with Crippen LogP contribution in [0.3, 0.4) is 0 Å². The van der Waals surface area contributed by atoms with Crippen LogP contribution in [0, 0.1) is 5.82 Å². The molecule has 16 heavy (non-hydrogen) atoms. The highest BCUT2D eigenvalue weighted by Gasteiger charge is 2.13. The highest BCUT2D eigenvalue weighted by Crippen LogP contribution is 2.29. The Hall–Kier alpha value is -1.41. The van der Waals surface area contributed by atoms with Crippen molar-refractivity contribution in [3.05, 3.63) is 47.0 Å². The molecule has 2 rings (SSSR count). The van der Waals surface area contributed by atoms with E-state index in [1.165, 1.54) is 0 Å². The molecular formula is C13H11ClFN. The van der Waals surface area contributed by atoms with Crippen LogP contribution in [-0.4, -0.2) is 4.98 Å². The normalized spacial score (nSPS) is 10.7. The van der Waals surface area contributed by atoms with Crippen molar-refractivity contribution >= 4 is 28.4 Å². The van der Waals surface area contributed by atoms with E-state index in [1.807, 2.05) is 6.92 Å². The maximum atomic E-state index is 14.0. The molecule has 0 aliphatic rings. The zero-order valence-electron chi connectivity index (χ0n) is 8.93. The maximum Gasteiger partial charge on any atom is 0.152 e. The highest BCUT2D eigenvalue weighted by atomic mass is 35.5. The van der Waals surface area contributed by atoms with Gasteiger partial charge in [-0.05, 0) is 18.6 Å². The van der Waals surface area contributed by atoms with E-state index in [0.717, 1.165) is 0 Å². The lowest BCUT2D eigenvalue weighted by molar-refractivity contribution is 0.614. The summed E-state index contributed by atoms with van der Waals surface area (Å²) in [6.07, 6.45) is 2.15. The van der Waals surface area contributed by atoms with Crippen molar-refractivity contribution < 1.29 is 4.39 Å². The molecule has 0 unspecified atom stereocenters. The summed E-state index contributed by atoms with van der Waals surface area (Å²) in [7, 11) is 0. The van der Waals surface area contributed by atoms with Crippen molar-refractivity contribution in [1.82, 2.24) is 4.98 Å². The number of hydrogen-bond donors (Lipinski definition) is 0. The van der Waals surface area contributed by atoms with Crippen LogP contribution in [0.2, 0.25) is 5.02 Å². The summed E-state index contributed by atoms with van der Waals surface area (Å²) in [6, 6.07) is 5.17. The van der Waals surface area contributed by atoms with Crippen LogP contribution in [0.1, 0.15) is 18.3 Å². The van der Waals surface area contributed by atoms with Crippen LogP contribution in [0.5, 0.6) is 0 Å². The van der Waals surface area contributed by atoms with Gasteiger partial charge in [-0.2, -0.15) is 0 Å². The fourth-order valence-electron chi connectivity index (χ4n) is 1.76. The molecule has 1 nitrogen and oxygen atoms in total. The molecule has 0 aliphatic carbocycles. The molecule has 0 atom stereocenters. The monoisotopic (exact) mass is 235 g/mol. The van der Waals surface area contributed by atoms with Crippen molar-refractivity contribution in [2.45, 2.75) is 13.3 Å². The van der Waals surface area contributed by atoms with Crippen LogP contribution >= 0.6 is 11.6 Å². The third kappa shape index (κ3) is 1.59. The molecule has 3 heteroatoms. The van der Waals surface area contributed by atoms with Gasteiger partial charge in [0.05, 0.1) is 16.4 Å². The van der Waals surface area contributed by atoms with Crippen molar-refractivity contribution in [3.63, 3.8) is 0 Å². The van der Waals surface area contributed by atoms with Gasteiger partial charge in [-0.25, -0.2) is 9.37 Å². The fraction of sp³-hybridized carbons (Fsp3) is 0.154. The molecule has 2 aromatic rings. The summed E-state index contributed by atoms with van der Waals surface area (Å²) in [4.78, 5) is 4.22. The van der Waals surface area contributed by atoms with Crippen molar-refractivity contribution in [2.75, 3.05) is 0 Å². The lowest BCUT2D eigenvalue weighted by Crippen LogP contribution is -1.98. The van der Waals surface area contributed by atoms with Crippen molar-refractivity contribution in [2.24, 2.45) is 0 Å². The Kier molecular flexibility index (Phi) is 2.92. The second kappa shape index (κ2) is 4.22. The zero-order valence-corrected chi connectivity index (χ0v) is 9.68. The molecule has 0 N–H and O–H groups in total. The van der Waals surface area contributed by atoms with Gasteiger partial charge in [-0.15, -0.1) is 0 Å². The van der Waals surface area contributed by atoms with E-state index in [1.54, 1.807) is 24.3 Å². The Morgan fingerprint density at radius 3 is 2.88 bits per heavy atom. The number of halogens is 2. The standard InChI is InChI=1S/C13H11ClFN/c1-3-10-12-8(6-5-7-9(12)14)13(15)11(4-2)16-10/h3,5-7H,1,4H2,2H3. The largest absolute Gasteiger partial charge is 0.250 e. The highest BCUT2D eigenvalue weighted by molar-refractivity contribution is 6.36. The number of aromatic nitrogens is 1. The van der Waals surface area contributed by atoms with E-state index >= 15 is 0 Å². The van der Waals surface area contributed by atoms with E-state index in [4.69, 9.17) is 11.6 Å². The van der Waals surface area contributed by atoms with Crippen LogP contribution < -0.4 is 0 Å². The number of hydrogen-bond acceptors (Lipinski definition) is 1. The molecule has 0 radical (unpaired) electrons. The second-order valence-electron chi connectivity index (χ2n) is 3.48. The van der Waals surface area contributed by atoms with Gasteiger partial charge in [0.15, 0.2) is 5.82 Å². The number of rotatable bonds is 2. The number of pyridine rings is 1. The van der Waals surface area contributed by atoms with Gasteiger partial charge in [-0.3, -0.25) is 0 Å².